The number of nitrogens with zero attached hydrogens (tertiary/aromatic N) is 3. The second kappa shape index (κ2) is 3.69. The molecule has 6 heteroatoms. The van der Waals surface area contributed by atoms with Crippen LogP contribution in [0.4, 0.5) is 0 Å². The van der Waals surface area contributed by atoms with Gasteiger partial charge in [0, 0.05) is 18.0 Å². The van der Waals surface area contributed by atoms with Crippen LogP contribution in [0.5, 0.6) is 5.88 Å². The minimum absolute atomic E-state index is 0.183. The summed E-state index contributed by atoms with van der Waals surface area (Å²) in [7, 11) is 0. The van der Waals surface area contributed by atoms with Crippen LogP contribution in [0, 0.1) is 6.92 Å². The first kappa shape index (κ1) is 10.5. The maximum atomic E-state index is 11.4. The van der Waals surface area contributed by atoms with Gasteiger partial charge in [0.1, 0.15) is 5.65 Å². The van der Waals surface area contributed by atoms with Crippen molar-refractivity contribution in [3.05, 3.63) is 46.6 Å². The fourth-order valence-corrected chi connectivity index (χ4v) is 2.00. The summed E-state index contributed by atoms with van der Waals surface area (Å²) < 4.78 is 1.31. The molecule has 3 rings (SSSR count). The molecule has 0 aromatic carbocycles. The summed E-state index contributed by atoms with van der Waals surface area (Å²) in [5.41, 5.74) is 2.50. The maximum Gasteiger partial charge on any atom is 0.254 e. The zero-order valence-electron chi connectivity index (χ0n) is 9.58. The highest BCUT2D eigenvalue weighted by Crippen LogP contribution is 2.27. The molecule has 0 spiro atoms. The van der Waals surface area contributed by atoms with Crippen LogP contribution < -0.4 is 5.56 Å². The summed E-state index contributed by atoms with van der Waals surface area (Å²) in [6.45, 7) is 1.82. The predicted molar refractivity (Wildman–Crippen MR) is 65.4 cm³/mol. The lowest BCUT2D eigenvalue weighted by atomic mass is 10.1. The van der Waals surface area contributed by atoms with E-state index in [2.05, 4.69) is 15.1 Å². The SMILES string of the molecule is Cc1nn2c(O)cc(=O)[nH]c2c1-c1ccncc1. The van der Waals surface area contributed by atoms with Crippen LogP contribution in [-0.4, -0.2) is 24.7 Å². The molecule has 6 nitrogen and oxygen atoms in total. The normalized spacial score (nSPS) is 10.9. The van der Waals surface area contributed by atoms with Gasteiger partial charge in [0.25, 0.3) is 5.56 Å². The van der Waals surface area contributed by atoms with Crippen molar-refractivity contribution in [2.45, 2.75) is 6.92 Å². The number of hydrogen-bond donors (Lipinski definition) is 2. The highest BCUT2D eigenvalue weighted by molar-refractivity contribution is 5.79. The molecule has 0 amide bonds. The molecular formula is C12H10N4O2. The first-order chi connectivity index (χ1) is 8.66. The Bertz CT molecular complexity index is 774. The average molecular weight is 242 g/mol. The van der Waals surface area contributed by atoms with Crippen molar-refractivity contribution < 1.29 is 5.11 Å². The van der Waals surface area contributed by atoms with E-state index < -0.39 is 0 Å². The Labute approximate surface area is 102 Å². The van der Waals surface area contributed by atoms with Crippen molar-refractivity contribution >= 4 is 5.65 Å². The second-order valence-electron chi connectivity index (χ2n) is 3.95. The number of nitrogens with one attached hydrogen (secondary N) is 1. The summed E-state index contributed by atoms with van der Waals surface area (Å²) >= 11 is 0. The fraction of sp³-hybridized carbons (Fsp3) is 0.0833. The average Bonchev–Trinajstić information content (AvgIpc) is 2.67. The number of aromatic nitrogens is 4. The number of hydrogen-bond acceptors (Lipinski definition) is 4. The molecule has 0 saturated heterocycles. The number of pyridine rings is 1. The van der Waals surface area contributed by atoms with Crippen LogP contribution in [0.3, 0.4) is 0 Å². The lowest BCUT2D eigenvalue weighted by molar-refractivity contribution is 0.434. The molecule has 3 heterocycles. The molecule has 0 aliphatic carbocycles. The van der Waals surface area contributed by atoms with Gasteiger partial charge in [-0.1, -0.05) is 0 Å². The van der Waals surface area contributed by atoms with E-state index in [9.17, 15) is 9.90 Å². The van der Waals surface area contributed by atoms with E-state index in [-0.39, 0.29) is 11.4 Å². The smallest absolute Gasteiger partial charge is 0.254 e. The first-order valence-electron chi connectivity index (χ1n) is 5.39. The molecule has 0 fully saturated rings. The van der Waals surface area contributed by atoms with Gasteiger partial charge in [0.05, 0.1) is 11.8 Å². The predicted octanol–water partition coefficient (Wildman–Crippen LogP) is 1.10. The van der Waals surface area contributed by atoms with Gasteiger partial charge in [-0.3, -0.25) is 9.78 Å². The Balaban J connectivity index is 2.43. The Morgan fingerprint density at radius 3 is 2.78 bits per heavy atom. The molecule has 0 unspecified atom stereocenters. The summed E-state index contributed by atoms with van der Waals surface area (Å²) in [6, 6.07) is 4.74. The quantitative estimate of drug-likeness (QED) is 0.669. The third kappa shape index (κ3) is 1.46. The Kier molecular flexibility index (Phi) is 2.16. The van der Waals surface area contributed by atoms with Crippen LogP contribution in [0.1, 0.15) is 5.69 Å². The van der Waals surface area contributed by atoms with E-state index in [1.807, 2.05) is 19.1 Å². The molecule has 90 valence electrons. The van der Waals surface area contributed by atoms with E-state index in [1.165, 1.54) is 4.52 Å². The fourth-order valence-electron chi connectivity index (χ4n) is 2.00. The van der Waals surface area contributed by atoms with E-state index in [0.717, 1.165) is 22.9 Å². The second-order valence-corrected chi connectivity index (χ2v) is 3.95. The zero-order valence-corrected chi connectivity index (χ0v) is 9.58. The molecular weight excluding hydrogens is 232 g/mol. The molecule has 0 aliphatic rings. The molecule has 3 aromatic heterocycles. The summed E-state index contributed by atoms with van der Waals surface area (Å²) in [5.74, 6) is -0.183. The molecule has 0 bridgehead atoms. The molecule has 18 heavy (non-hydrogen) atoms. The summed E-state index contributed by atoms with van der Waals surface area (Å²) in [6.07, 6.45) is 3.33. The minimum atomic E-state index is -0.366. The minimum Gasteiger partial charge on any atom is -0.493 e. The van der Waals surface area contributed by atoms with Gasteiger partial charge in [-0.2, -0.15) is 9.61 Å². The van der Waals surface area contributed by atoms with Gasteiger partial charge in [-0.15, -0.1) is 0 Å². The number of aromatic hydroxyl groups is 1. The molecule has 3 aromatic rings. The molecule has 2 N–H and O–H groups in total. The van der Waals surface area contributed by atoms with Crippen LogP contribution in [0.2, 0.25) is 0 Å². The number of fused-ring (bicyclic) bond motifs is 1. The molecule has 0 radical (unpaired) electrons. The number of H-pyrrole nitrogens is 1. The van der Waals surface area contributed by atoms with Gasteiger partial charge < -0.3 is 10.1 Å². The van der Waals surface area contributed by atoms with E-state index >= 15 is 0 Å². The summed E-state index contributed by atoms with van der Waals surface area (Å²) in [4.78, 5) is 18.1. The molecule has 0 atom stereocenters. The lowest BCUT2D eigenvalue weighted by Gasteiger charge is -2.00. The van der Waals surface area contributed by atoms with Crippen molar-refractivity contribution in [2.75, 3.05) is 0 Å². The number of aryl methyl sites for hydroxylation is 1. The Hall–Kier alpha value is -2.63. The van der Waals surface area contributed by atoms with Crippen molar-refractivity contribution in [1.82, 2.24) is 19.6 Å². The number of aromatic amines is 1. The third-order valence-electron chi connectivity index (χ3n) is 2.75. The van der Waals surface area contributed by atoms with Crippen LogP contribution in [-0.2, 0) is 0 Å². The van der Waals surface area contributed by atoms with Gasteiger partial charge in [0.2, 0.25) is 5.88 Å². The molecule has 0 aliphatic heterocycles. The van der Waals surface area contributed by atoms with Crippen LogP contribution >= 0.6 is 0 Å². The van der Waals surface area contributed by atoms with Crippen molar-refractivity contribution in [3.8, 4) is 17.0 Å². The van der Waals surface area contributed by atoms with E-state index in [1.54, 1.807) is 12.4 Å². The monoisotopic (exact) mass is 242 g/mol. The maximum absolute atomic E-state index is 11.4. The van der Waals surface area contributed by atoms with E-state index in [4.69, 9.17) is 0 Å². The first-order valence-corrected chi connectivity index (χ1v) is 5.39. The standard InChI is InChI=1S/C12H10N4O2/c1-7-11(8-2-4-13-5-3-8)12-14-9(17)6-10(18)16(12)15-7/h2-6,18H,1H3,(H,14,17). The largest absolute Gasteiger partial charge is 0.493 e. The van der Waals surface area contributed by atoms with E-state index in [0.29, 0.717) is 5.65 Å². The van der Waals surface area contributed by atoms with Crippen molar-refractivity contribution in [3.63, 3.8) is 0 Å². The van der Waals surface area contributed by atoms with Gasteiger partial charge in [0.15, 0.2) is 0 Å². The summed E-state index contributed by atoms with van der Waals surface area (Å²) in [5, 5.41) is 13.9. The topological polar surface area (TPSA) is 83.3 Å². The van der Waals surface area contributed by atoms with Crippen molar-refractivity contribution in [2.24, 2.45) is 0 Å². The van der Waals surface area contributed by atoms with Crippen molar-refractivity contribution in [1.29, 1.82) is 0 Å². The van der Waals surface area contributed by atoms with Gasteiger partial charge >= 0.3 is 0 Å². The Morgan fingerprint density at radius 2 is 2.06 bits per heavy atom. The number of rotatable bonds is 1. The Morgan fingerprint density at radius 1 is 1.33 bits per heavy atom. The van der Waals surface area contributed by atoms with Crippen LogP contribution in [0.15, 0.2) is 35.4 Å². The lowest BCUT2D eigenvalue weighted by Crippen LogP contribution is -2.07. The van der Waals surface area contributed by atoms with Gasteiger partial charge in [-0.25, -0.2) is 0 Å². The van der Waals surface area contributed by atoms with Crippen LogP contribution in [0.25, 0.3) is 16.8 Å². The third-order valence-corrected chi connectivity index (χ3v) is 2.75. The van der Waals surface area contributed by atoms with Gasteiger partial charge in [-0.05, 0) is 24.6 Å². The molecule has 0 saturated carbocycles. The highest BCUT2D eigenvalue weighted by atomic mass is 16.3. The zero-order chi connectivity index (χ0) is 12.7. The highest BCUT2D eigenvalue weighted by Gasteiger charge is 2.14.